The Kier molecular flexibility index (Phi) is 4.96. The molecule has 1 unspecified atom stereocenters. The topological polar surface area (TPSA) is 66.4 Å². The van der Waals surface area contributed by atoms with Crippen LogP contribution in [0.5, 0.6) is 0 Å². The second kappa shape index (κ2) is 6.70. The molecule has 0 spiro atoms. The molecule has 1 fully saturated rings. The van der Waals surface area contributed by atoms with Crippen molar-refractivity contribution in [3.05, 3.63) is 22.4 Å². The zero-order valence-electron chi connectivity index (χ0n) is 10.8. The van der Waals surface area contributed by atoms with Gasteiger partial charge in [-0.05, 0) is 30.2 Å². The minimum absolute atomic E-state index is 0.146. The second-order valence-corrected chi connectivity index (χ2v) is 6.04. The van der Waals surface area contributed by atoms with Gasteiger partial charge in [0.05, 0.1) is 0 Å². The van der Waals surface area contributed by atoms with Gasteiger partial charge in [0.25, 0.3) is 0 Å². The van der Waals surface area contributed by atoms with E-state index < -0.39 is 12.0 Å². The Morgan fingerprint density at radius 1 is 1.37 bits per heavy atom. The van der Waals surface area contributed by atoms with Crippen molar-refractivity contribution in [1.82, 2.24) is 5.32 Å². The van der Waals surface area contributed by atoms with E-state index in [1.165, 1.54) is 30.6 Å². The van der Waals surface area contributed by atoms with E-state index in [-0.39, 0.29) is 5.91 Å². The zero-order chi connectivity index (χ0) is 13.7. The quantitative estimate of drug-likeness (QED) is 0.872. The van der Waals surface area contributed by atoms with Crippen molar-refractivity contribution in [3.8, 4) is 0 Å². The number of nitrogens with one attached hydrogen (secondary N) is 1. The van der Waals surface area contributed by atoms with Crippen LogP contribution in [0.3, 0.4) is 0 Å². The smallest absolute Gasteiger partial charge is 0.331 e. The van der Waals surface area contributed by atoms with Gasteiger partial charge in [-0.1, -0.05) is 25.3 Å². The van der Waals surface area contributed by atoms with Crippen LogP contribution in [-0.2, 0) is 9.59 Å². The lowest BCUT2D eigenvalue weighted by Crippen LogP contribution is -2.34. The van der Waals surface area contributed by atoms with Crippen LogP contribution in [0.25, 0.3) is 0 Å². The molecule has 1 heterocycles. The van der Waals surface area contributed by atoms with Gasteiger partial charge in [0.2, 0.25) is 5.91 Å². The molecule has 0 bridgehead atoms. The highest BCUT2D eigenvalue weighted by Crippen LogP contribution is 2.27. The molecule has 1 aliphatic carbocycles. The number of amides is 1. The lowest BCUT2D eigenvalue weighted by atomic mass is 9.87. The van der Waals surface area contributed by atoms with Crippen molar-refractivity contribution in [2.75, 3.05) is 0 Å². The minimum Gasteiger partial charge on any atom is -0.479 e. The molecule has 1 atom stereocenters. The third-order valence-electron chi connectivity index (χ3n) is 3.58. The number of hydrogen-bond acceptors (Lipinski definition) is 3. The summed E-state index contributed by atoms with van der Waals surface area (Å²) in [6, 6.07) is 2.63. The lowest BCUT2D eigenvalue weighted by molar-refractivity contribution is -0.142. The van der Waals surface area contributed by atoms with Crippen LogP contribution in [0.4, 0.5) is 0 Å². The maximum Gasteiger partial charge on any atom is 0.331 e. The molecule has 0 saturated heterocycles. The summed E-state index contributed by atoms with van der Waals surface area (Å²) in [5.41, 5.74) is 0. The minimum atomic E-state index is -1.00. The van der Waals surface area contributed by atoms with Crippen LogP contribution in [0.1, 0.15) is 49.4 Å². The first-order valence-corrected chi connectivity index (χ1v) is 7.60. The van der Waals surface area contributed by atoms with E-state index >= 15 is 0 Å². The van der Waals surface area contributed by atoms with E-state index in [1.54, 1.807) is 12.1 Å². The summed E-state index contributed by atoms with van der Waals surface area (Å²) >= 11 is 1.35. The summed E-state index contributed by atoms with van der Waals surface area (Å²) in [6.45, 7) is 0. The summed E-state index contributed by atoms with van der Waals surface area (Å²) in [6.07, 6.45) is 6.25. The van der Waals surface area contributed by atoms with E-state index in [1.807, 2.05) is 5.38 Å². The van der Waals surface area contributed by atoms with Gasteiger partial charge in [-0.15, -0.1) is 11.3 Å². The van der Waals surface area contributed by atoms with E-state index in [2.05, 4.69) is 5.32 Å². The number of carboxylic acids is 1. The Labute approximate surface area is 116 Å². The number of carbonyl (C=O) groups excluding carboxylic acids is 1. The lowest BCUT2D eigenvalue weighted by Gasteiger charge is -2.22. The van der Waals surface area contributed by atoms with Gasteiger partial charge in [-0.3, -0.25) is 4.79 Å². The highest BCUT2D eigenvalue weighted by atomic mass is 32.1. The highest BCUT2D eigenvalue weighted by molar-refractivity contribution is 7.10. The SMILES string of the molecule is O=C(CC1CCCCC1)NC(C(=O)O)c1cccs1. The van der Waals surface area contributed by atoms with E-state index in [4.69, 9.17) is 0 Å². The Bertz CT molecular complexity index is 424. The molecule has 2 N–H and O–H groups in total. The Morgan fingerprint density at radius 2 is 2.11 bits per heavy atom. The van der Waals surface area contributed by atoms with Gasteiger partial charge < -0.3 is 10.4 Å². The third-order valence-corrected chi connectivity index (χ3v) is 4.52. The maximum absolute atomic E-state index is 12.0. The van der Waals surface area contributed by atoms with Gasteiger partial charge >= 0.3 is 5.97 Å². The summed E-state index contributed by atoms with van der Waals surface area (Å²) in [5, 5.41) is 13.6. The van der Waals surface area contributed by atoms with E-state index in [0.717, 1.165) is 12.8 Å². The maximum atomic E-state index is 12.0. The number of carboxylic acid groups (broad SMARTS) is 1. The fourth-order valence-electron chi connectivity index (χ4n) is 2.58. The summed E-state index contributed by atoms with van der Waals surface area (Å²) in [7, 11) is 0. The van der Waals surface area contributed by atoms with Gasteiger partial charge in [0.1, 0.15) is 0 Å². The van der Waals surface area contributed by atoms with Crippen LogP contribution in [0, 0.1) is 5.92 Å². The molecular weight excluding hydrogens is 262 g/mol. The van der Waals surface area contributed by atoms with Crippen molar-refractivity contribution in [1.29, 1.82) is 0 Å². The fraction of sp³-hybridized carbons (Fsp3) is 0.571. The number of hydrogen-bond donors (Lipinski definition) is 2. The van der Waals surface area contributed by atoms with Crippen molar-refractivity contribution in [3.63, 3.8) is 0 Å². The van der Waals surface area contributed by atoms with E-state index in [0.29, 0.717) is 17.2 Å². The monoisotopic (exact) mass is 281 g/mol. The van der Waals surface area contributed by atoms with Crippen molar-refractivity contribution in [2.45, 2.75) is 44.6 Å². The first-order valence-electron chi connectivity index (χ1n) is 6.72. The fourth-order valence-corrected chi connectivity index (χ4v) is 3.35. The predicted molar refractivity (Wildman–Crippen MR) is 74.0 cm³/mol. The van der Waals surface area contributed by atoms with Crippen LogP contribution in [0.2, 0.25) is 0 Å². The van der Waals surface area contributed by atoms with Gasteiger partial charge in [0.15, 0.2) is 6.04 Å². The standard InChI is InChI=1S/C14H19NO3S/c16-12(9-10-5-2-1-3-6-10)15-13(14(17)18)11-7-4-8-19-11/h4,7-8,10,13H,1-3,5-6,9H2,(H,15,16)(H,17,18). The molecule has 4 nitrogen and oxygen atoms in total. The Balaban J connectivity index is 1.90. The average molecular weight is 281 g/mol. The number of rotatable bonds is 5. The average Bonchev–Trinajstić information content (AvgIpc) is 2.90. The van der Waals surface area contributed by atoms with Crippen molar-refractivity contribution in [2.24, 2.45) is 5.92 Å². The molecule has 19 heavy (non-hydrogen) atoms. The second-order valence-electron chi connectivity index (χ2n) is 5.06. The zero-order valence-corrected chi connectivity index (χ0v) is 11.6. The third kappa shape index (κ3) is 4.06. The Morgan fingerprint density at radius 3 is 2.68 bits per heavy atom. The van der Waals surface area contributed by atoms with Gasteiger partial charge in [-0.2, -0.15) is 0 Å². The molecule has 0 aliphatic heterocycles. The molecule has 0 radical (unpaired) electrons. The van der Waals surface area contributed by atoms with Gasteiger partial charge in [0, 0.05) is 11.3 Å². The summed E-state index contributed by atoms with van der Waals surface area (Å²) in [4.78, 5) is 23.8. The molecule has 1 aliphatic rings. The molecule has 0 aromatic carbocycles. The van der Waals surface area contributed by atoms with Crippen molar-refractivity contribution >= 4 is 23.2 Å². The molecule has 1 aromatic heterocycles. The van der Waals surface area contributed by atoms with Crippen LogP contribution >= 0.6 is 11.3 Å². The van der Waals surface area contributed by atoms with Crippen LogP contribution < -0.4 is 5.32 Å². The number of thiophene rings is 1. The number of aliphatic carboxylic acids is 1. The molecule has 1 saturated carbocycles. The molecule has 104 valence electrons. The van der Waals surface area contributed by atoms with Crippen molar-refractivity contribution < 1.29 is 14.7 Å². The molecular formula is C14H19NO3S. The predicted octanol–water partition coefficient (Wildman–Crippen LogP) is 2.96. The van der Waals surface area contributed by atoms with Crippen LogP contribution in [0.15, 0.2) is 17.5 Å². The van der Waals surface area contributed by atoms with E-state index in [9.17, 15) is 14.7 Å². The number of carbonyl (C=O) groups is 2. The largest absolute Gasteiger partial charge is 0.479 e. The Hall–Kier alpha value is -1.36. The normalized spacial score (nSPS) is 17.9. The first-order chi connectivity index (χ1) is 9.16. The van der Waals surface area contributed by atoms with Gasteiger partial charge in [-0.25, -0.2) is 4.79 Å². The highest BCUT2D eigenvalue weighted by Gasteiger charge is 2.24. The molecule has 2 rings (SSSR count). The summed E-state index contributed by atoms with van der Waals surface area (Å²) < 4.78 is 0. The first kappa shape index (κ1) is 14.1. The molecule has 1 amide bonds. The molecule has 1 aromatic rings. The molecule has 5 heteroatoms. The van der Waals surface area contributed by atoms with Crippen LogP contribution in [-0.4, -0.2) is 17.0 Å². The summed E-state index contributed by atoms with van der Waals surface area (Å²) in [5.74, 6) is -0.723.